The summed E-state index contributed by atoms with van der Waals surface area (Å²) in [6, 6.07) is 2.14. The maximum atomic E-state index is 4.53. The zero-order valence-electron chi connectivity index (χ0n) is 11.2. The average molecular weight is 248 g/mol. The average Bonchev–Trinajstić information content (AvgIpc) is 2.97. The predicted octanol–water partition coefficient (Wildman–Crippen LogP) is 0.825. The van der Waals surface area contributed by atoms with Gasteiger partial charge in [0.25, 0.3) is 0 Å². The van der Waals surface area contributed by atoms with Gasteiger partial charge in [-0.3, -0.25) is 4.68 Å². The van der Waals surface area contributed by atoms with Gasteiger partial charge < -0.3 is 5.32 Å². The van der Waals surface area contributed by atoms with E-state index >= 15 is 0 Å². The number of rotatable bonds is 6. The van der Waals surface area contributed by atoms with Gasteiger partial charge in [0, 0.05) is 13.1 Å². The lowest BCUT2D eigenvalue weighted by atomic mass is 10.3. The van der Waals surface area contributed by atoms with Crippen LogP contribution in [0.3, 0.4) is 0 Å². The fraction of sp³-hybridized carbons (Fsp3) is 0.583. The molecule has 2 aromatic heterocycles. The molecule has 2 aromatic rings. The van der Waals surface area contributed by atoms with Crippen LogP contribution in [0.4, 0.5) is 0 Å². The monoisotopic (exact) mass is 248 g/mol. The van der Waals surface area contributed by atoms with Gasteiger partial charge in [0.1, 0.15) is 0 Å². The Bertz CT molecular complexity index is 498. The highest BCUT2D eigenvalue weighted by molar-refractivity contribution is 5.11. The molecular formula is C12H20N6. The second-order valence-corrected chi connectivity index (χ2v) is 4.23. The number of nitrogens with one attached hydrogen (secondary N) is 1. The zero-order chi connectivity index (χ0) is 13.0. The van der Waals surface area contributed by atoms with Crippen molar-refractivity contribution in [3.63, 3.8) is 0 Å². The third kappa shape index (κ3) is 2.76. The van der Waals surface area contributed by atoms with Crippen LogP contribution in [0.15, 0.2) is 12.3 Å². The standard InChI is InChI=1S/C12H20N6/c1-4-10-6-12(18(5-2)15-10)9-17-8-11(7-13-3)14-16-17/h6,8,13H,4-5,7,9H2,1-3H3. The Morgan fingerprint density at radius 2 is 2.11 bits per heavy atom. The van der Waals surface area contributed by atoms with Crippen LogP contribution in [0, 0.1) is 0 Å². The van der Waals surface area contributed by atoms with Gasteiger partial charge in [-0.05, 0) is 26.5 Å². The number of aryl methyl sites for hydroxylation is 2. The molecule has 0 spiro atoms. The van der Waals surface area contributed by atoms with E-state index in [1.165, 1.54) is 5.69 Å². The lowest BCUT2D eigenvalue weighted by Crippen LogP contribution is -2.08. The van der Waals surface area contributed by atoms with Crippen LogP contribution in [0.2, 0.25) is 0 Å². The number of nitrogens with zero attached hydrogens (tertiary/aromatic N) is 5. The van der Waals surface area contributed by atoms with Gasteiger partial charge >= 0.3 is 0 Å². The van der Waals surface area contributed by atoms with E-state index in [0.29, 0.717) is 0 Å². The third-order valence-corrected chi connectivity index (χ3v) is 2.84. The van der Waals surface area contributed by atoms with E-state index in [-0.39, 0.29) is 0 Å². The van der Waals surface area contributed by atoms with Crippen molar-refractivity contribution in [1.29, 1.82) is 0 Å². The van der Waals surface area contributed by atoms with Gasteiger partial charge in [-0.2, -0.15) is 5.10 Å². The molecule has 18 heavy (non-hydrogen) atoms. The summed E-state index contributed by atoms with van der Waals surface area (Å²) in [4.78, 5) is 0. The number of hydrogen-bond acceptors (Lipinski definition) is 4. The Morgan fingerprint density at radius 3 is 2.78 bits per heavy atom. The molecule has 0 amide bonds. The Kier molecular flexibility index (Phi) is 4.09. The molecule has 2 rings (SSSR count). The Balaban J connectivity index is 2.14. The molecule has 0 aliphatic rings. The molecule has 0 saturated heterocycles. The van der Waals surface area contributed by atoms with Crippen molar-refractivity contribution in [1.82, 2.24) is 30.1 Å². The van der Waals surface area contributed by atoms with Crippen molar-refractivity contribution in [2.75, 3.05) is 7.05 Å². The minimum absolute atomic E-state index is 0.720. The van der Waals surface area contributed by atoms with Crippen LogP contribution < -0.4 is 5.32 Å². The fourth-order valence-corrected chi connectivity index (χ4v) is 1.93. The smallest absolute Gasteiger partial charge is 0.0964 e. The van der Waals surface area contributed by atoms with E-state index in [1.807, 2.05) is 22.6 Å². The molecule has 0 fully saturated rings. The summed E-state index contributed by atoms with van der Waals surface area (Å²) in [5.74, 6) is 0. The van der Waals surface area contributed by atoms with E-state index in [4.69, 9.17) is 0 Å². The number of hydrogen-bond donors (Lipinski definition) is 1. The first-order valence-electron chi connectivity index (χ1n) is 6.36. The molecule has 0 atom stereocenters. The molecule has 0 saturated carbocycles. The van der Waals surface area contributed by atoms with E-state index in [9.17, 15) is 0 Å². The van der Waals surface area contributed by atoms with Crippen molar-refractivity contribution < 1.29 is 0 Å². The maximum absolute atomic E-state index is 4.53. The Morgan fingerprint density at radius 1 is 1.28 bits per heavy atom. The van der Waals surface area contributed by atoms with E-state index in [0.717, 1.165) is 37.4 Å². The van der Waals surface area contributed by atoms with Crippen molar-refractivity contribution in [2.45, 2.75) is 39.9 Å². The first kappa shape index (κ1) is 12.8. The summed E-state index contributed by atoms with van der Waals surface area (Å²) in [5.41, 5.74) is 3.26. The zero-order valence-corrected chi connectivity index (χ0v) is 11.2. The topological polar surface area (TPSA) is 60.6 Å². The second kappa shape index (κ2) is 5.77. The molecule has 2 heterocycles. The van der Waals surface area contributed by atoms with Crippen LogP contribution in [-0.4, -0.2) is 31.8 Å². The van der Waals surface area contributed by atoms with E-state index in [2.05, 4.69) is 40.6 Å². The fourth-order valence-electron chi connectivity index (χ4n) is 1.93. The highest BCUT2D eigenvalue weighted by Gasteiger charge is 2.07. The summed E-state index contributed by atoms with van der Waals surface area (Å²) in [6.07, 6.45) is 2.93. The van der Waals surface area contributed by atoms with Crippen molar-refractivity contribution in [2.24, 2.45) is 0 Å². The lowest BCUT2D eigenvalue weighted by molar-refractivity contribution is 0.563. The summed E-state index contributed by atoms with van der Waals surface area (Å²) >= 11 is 0. The van der Waals surface area contributed by atoms with E-state index < -0.39 is 0 Å². The highest BCUT2D eigenvalue weighted by Crippen LogP contribution is 2.07. The molecule has 0 aliphatic heterocycles. The summed E-state index contributed by atoms with van der Waals surface area (Å²) < 4.78 is 3.88. The van der Waals surface area contributed by atoms with Crippen molar-refractivity contribution >= 4 is 0 Å². The molecule has 6 nitrogen and oxygen atoms in total. The van der Waals surface area contributed by atoms with Crippen LogP contribution in [0.25, 0.3) is 0 Å². The normalized spacial score (nSPS) is 11.1. The molecule has 0 bridgehead atoms. The number of aromatic nitrogens is 5. The van der Waals surface area contributed by atoms with Crippen LogP contribution in [0.1, 0.15) is 30.9 Å². The summed E-state index contributed by atoms with van der Waals surface area (Å²) in [6.45, 7) is 6.56. The molecular weight excluding hydrogens is 228 g/mol. The van der Waals surface area contributed by atoms with E-state index in [1.54, 1.807) is 0 Å². The largest absolute Gasteiger partial charge is 0.314 e. The lowest BCUT2D eigenvalue weighted by Gasteiger charge is -2.03. The van der Waals surface area contributed by atoms with Crippen molar-refractivity contribution in [3.8, 4) is 0 Å². The maximum Gasteiger partial charge on any atom is 0.0964 e. The molecule has 0 unspecified atom stereocenters. The quantitative estimate of drug-likeness (QED) is 0.822. The van der Waals surface area contributed by atoms with Crippen LogP contribution in [0.5, 0.6) is 0 Å². The Labute approximate surface area is 107 Å². The molecule has 0 aromatic carbocycles. The van der Waals surface area contributed by atoms with Gasteiger partial charge in [0.2, 0.25) is 0 Å². The SMILES string of the molecule is CCc1cc(Cn2cc(CNC)nn2)n(CC)n1. The van der Waals surface area contributed by atoms with Gasteiger partial charge in [0.15, 0.2) is 0 Å². The first-order valence-corrected chi connectivity index (χ1v) is 6.36. The minimum Gasteiger partial charge on any atom is -0.314 e. The van der Waals surface area contributed by atoms with Gasteiger partial charge in [0.05, 0.1) is 29.8 Å². The van der Waals surface area contributed by atoms with Crippen molar-refractivity contribution in [3.05, 3.63) is 29.3 Å². The van der Waals surface area contributed by atoms with Crippen LogP contribution in [-0.2, 0) is 26.1 Å². The predicted molar refractivity (Wildman–Crippen MR) is 69.2 cm³/mol. The highest BCUT2D eigenvalue weighted by atomic mass is 15.4. The molecule has 1 N–H and O–H groups in total. The third-order valence-electron chi connectivity index (χ3n) is 2.84. The van der Waals surface area contributed by atoms with Gasteiger partial charge in [-0.1, -0.05) is 12.1 Å². The molecule has 0 radical (unpaired) electrons. The molecule has 98 valence electrons. The van der Waals surface area contributed by atoms with Gasteiger partial charge in [-0.25, -0.2) is 4.68 Å². The van der Waals surface area contributed by atoms with Crippen LogP contribution >= 0.6 is 0 Å². The summed E-state index contributed by atoms with van der Waals surface area (Å²) in [5, 5.41) is 15.8. The Hall–Kier alpha value is -1.69. The minimum atomic E-state index is 0.720. The van der Waals surface area contributed by atoms with Gasteiger partial charge in [-0.15, -0.1) is 5.10 Å². The second-order valence-electron chi connectivity index (χ2n) is 4.23. The molecule has 6 heteroatoms. The first-order chi connectivity index (χ1) is 8.76. The summed E-state index contributed by atoms with van der Waals surface area (Å²) in [7, 11) is 1.90. The molecule has 0 aliphatic carbocycles.